The van der Waals surface area contributed by atoms with Crippen LogP contribution in [0.3, 0.4) is 0 Å². The van der Waals surface area contributed by atoms with E-state index < -0.39 is 6.10 Å². The summed E-state index contributed by atoms with van der Waals surface area (Å²) in [5.74, 6) is 0.805. The molecule has 0 saturated heterocycles. The number of aliphatic hydroxyl groups excluding tert-OH is 1. The molecule has 1 heterocycles. The van der Waals surface area contributed by atoms with Crippen LogP contribution < -0.4 is 0 Å². The van der Waals surface area contributed by atoms with Gasteiger partial charge in [-0.05, 0) is 6.08 Å². The Bertz CT molecular complexity index is 165. The third-order valence-electron chi connectivity index (χ3n) is 1.99. The van der Waals surface area contributed by atoms with Crippen LogP contribution in [0.15, 0.2) is 11.8 Å². The highest BCUT2D eigenvalue weighted by atomic mass is 16.5. The summed E-state index contributed by atoms with van der Waals surface area (Å²) in [6.07, 6.45) is 2.34. The van der Waals surface area contributed by atoms with Crippen LogP contribution in [0.4, 0.5) is 0 Å². The van der Waals surface area contributed by atoms with Crippen LogP contribution in [0.25, 0.3) is 0 Å². The number of hydrogen-bond donors (Lipinski definition) is 1. The largest absolute Gasteiger partial charge is 0.495 e. The van der Waals surface area contributed by atoms with Crippen molar-refractivity contribution in [2.45, 2.75) is 19.4 Å². The first-order valence-electron chi connectivity index (χ1n) is 4.25. The number of ether oxygens (including phenoxy) is 2. The van der Waals surface area contributed by atoms with Crippen LogP contribution >= 0.6 is 0 Å². The minimum atomic E-state index is -0.507. The minimum Gasteiger partial charge on any atom is -0.495 e. The van der Waals surface area contributed by atoms with Crippen molar-refractivity contribution >= 4 is 0 Å². The van der Waals surface area contributed by atoms with Gasteiger partial charge in [-0.1, -0.05) is 6.92 Å². The lowest BCUT2D eigenvalue weighted by atomic mass is 10.0. The summed E-state index contributed by atoms with van der Waals surface area (Å²) in [5, 5.41) is 9.68. The van der Waals surface area contributed by atoms with Crippen LogP contribution in [0.5, 0.6) is 0 Å². The van der Waals surface area contributed by atoms with Crippen LogP contribution in [-0.2, 0) is 9.47 Å². The molecule has 1 rings (SSSR count). The standard InChI is InChI=1S/C9H16O3/c1-7(6-11-2)9(10)8-4-3-5-12-8/h4,7,9-10H,3,5-6H2,1-2H3. The molecule has 0 aromatic rings. The van der Waals surface area contributed by atoms with Gasteiger partial charge in [0.25, 0.3) is 0 Å². The maximum Gasteiger partial charge on any atom is 0.121 e. The van der Waals surface area contributed by atoms with Crippen molar-refractivity contribution in [1.82, 2.24) is 0 Å². The van der Waals surface area contributed by atoms with E-state index in [1.165, 1.54) is 0 Å². The van der Waals surface area contributed by atoms with Crippen molar-refractivity contribution in [2.24, 2.45) is 5.92 Å². The van der Waals surface area contributed by atoms with Crippen LogP contribution in [0, 0.1) is 5.92 Å². The molecule has 70 valence electrons. The Labute approximate surface area is 73.0 Å². The van der Waals surface area contributed by atoms with Crippen LogP contribution in [-0.4, -0.2) is 31.5 Å². The van der Waals surface area contributed by atoms with E-state index in [-0.39, 0.29) is 5.92 Å². The van der Waals surface area contributed by atoms with Gasteiger partial charge in [-0.3, -0.25) is 0 Å². The van der Waals surface area contributed by atoms with Crippen molar-refractivity contribution < 1.29 is 14.6 Å². The van der Waals surface area contributed by atoms with Gasteiger partial charge in [-0.25, -0.2) is 0 Å². The maximum absolute atomic E-state index is 9.68. The van der Waals surface area contributed by atoms with Gasteiger partial charge in [0.05, 0.1) is 13.2 Å². The maximum atomic E-state index is 9.68. The molecule has 1 aliphatic rings. The molecular weight excluding hydrogens is 156 g/mol. The van der Waals surface area contributed by atoms with Crippen molar-refractivity contribution in [3.63, 3.8) is 0 Å². The predicted octanol–water partition coefficient (Wildman–Crippen LogP) is 0.934. The second kappa shape index (κ2) is 4.48. The molecule has 0 bridgehead atoms. The summed E-state index contributed by atoms with van der Waals surface area (Å²) < 4.78 is 10.2. The van der Waals surface area contributed by atoms with E-state index in [1.54, 1.807) is 7.11 Å². The molecule has 12 heavy (non-hydrogen) atoms. The van der Waals surface area contributed by atoms with Gasteiger partial charge in [-0.15, -0.1) is 0 Å². The zero-order chi connectivity index (χ0) is 8.97. The Hall–Kier alpha value is -0.540. The monoisotopic (exact) mass is 172 g/mol. The number of aliphatic hydroxyl groups is 1. The van der Waals surface area contributed by atoms with E-state index in [0.29, 0.717) is 19.0 Å². The molecule has 0 aromatic heterocycles. The average Bonchev–Trinajstić information content (AvgIpc) is 2.55. The molecule has 1 aliphatic heterocycles. The molecule has 2 unspecified atom stereocenters. The average molecular weight is 172 g/mol. The summed E-state index contributed by atoms with van der Waals surface area (Å²) in [6.45, 7) is 3.20. The lowest BCUT2D eigenvalue weighted by molar-refractivity contribution is 0.0413. The lowest BCUT2D eigenvalue weighted by Gasteiger charge is -2.18. The molecule has 0 saturated carbocycles. The lowest BCUT2D eigenvalue weighted by Crippen LogP contribution is -2.24. The number of methoxy groups -OCH3 is 1. The Kier molecular flexibility index (Phi) is 3.56. The Morgan fingerprint density at radius 1 is 1.75 bits per heavy atom. The van der Waals surface area contributed by atoms with Gasteiger partial charge < -0.3 is 14.6 Å². The summed E-state index contributed by atoms with van der Waals surface area (Å²) in [7, 11) is 1.63. The van der Waals surface area contributed by atoms with E-state index >= 15 is 0 Å². The SMILES string of the molecule is COCC(C)C(O)C1=CCCO1. The Balaban J connectivity index is 2.39. The number of rotatable bonds is 4. The van der Waals surface area contributed by atoms with Crippen LogP contribution in [0.2, 0.25) is 0 Å². The molecule has 3 heteroatoms. The van der Waals surface area contributed by atoms with Crippen LogP contribution in [0.1, 0.15) is 13.3 Å². The summed E-state index contributed by atoms with van der Waals surface area (Å²) >= 11 is 0. The Morgan fingerprint density at radius 2 is 2.50 bits per heavy atom. The summed E-state index contributed by atoms with van der Waals surface area (Å²) in [6, 6.07) is 0. The third kappa shape index (κ3) is 2.22. The number of hydrogen-bond acceptors (Lipinski definition) is 3. The van der Waals surface area contributed by atoms with E-state index in [4.69, 9.17) is 9.47 Å². The molecule has 0 spiro atoms. The van der Waals surface area contributed by atoms with E-state index in [0.717, 1.165) is 6.42 Å². The first-order chi connectivity index (χ1) is 5.75. The Morgan fingerprint density at radius 3 is 3.00 bits per heavy atom. The first kappa shape index (κ1) is 9.55. The second-order valence-corrected chi connectivity index (χ2v) is 3.12. The van der Waals surface area contributed by atoms with Crippen molar-refractivity contribution in [2.75, 3.05) is 20.3 Å². The highest BCUT2D eigenvalue weighted by Crippen LogP contribution is 2.19. The molecule has 0 fully saturated rings. The molecule has 1 N–H and O–H groups in total. The fourth-order valence-electron chi connectivity index (χ4n) is 1.28. The highest BCUT2D eigenvalue weighted by molar-refractivity contribution is 5.05. The fraction of sp³-hybridized carbons (Fsp3) is 0.778. The smallest absolute Gasteiger partial charge is 0.121 e. The molecule has 2 atom stereocenters. The molecule has 0 aliphatic carbocycles. The molecule has 3 nitrogen and oxygen atoms in total. The summed E-state index contributed by atoms with van der Waals surface area (Å²) in [5.41, 5.74) is 0. The fourth-order valence-corrected chi connectivity index (χ4v) is 1.28. The van der Waals surface area contributed by atoms with Crippen molar-refractivity contribution in [1.29, 1.82) is 0 Å². The topological polar surface area (TPSA) is 38.7 Å². The van der Waals surface area contributed by atoms with E-state index in [1.807, 2.05) is 13.0 Å². The predicted molar refractivity (Wildman–Crippen MR) is 45.7 cm³/mol. The zero-order valence-electron chi connectivity index (χ0n) is 7.62. The van der Waals surface area contributed by atoms with Gasteiger partial charge in [0.15, 0.2) is 0 Å². The van der Waals surface area contributed by atoms with Crippen molar-refractivity contribution in [3.8, 4) is 0 Å². The molecular formula is C9H16O3. The van der Waals surface area contributed by atoms with Gasteiger partial charge in [0, 0.05) is 19.4 Å². The molecule has 0 radical (unpaired) electrons. The molecule has 0 amide bonds. The summed E-state index contributed by atoms with van der Waals surface area (Å²) in [4.78, 5) is 0. The quantitative estimate of drug-likeness (QED) is 0.685. The van der Waals surface area contributed by atoms with E-state index in [2.05, 4.69) is 0 Å². The second-order valence-electron chi connectivity index (χ2n) is 3.12. The van der Waals surface area contributed by atoms with Gasteiger partial charge >= 0.3 is 0 Å². The van der Waals surface area contributed by atoms with Gasteiger partial charge in [-0.2, -0.15) is 0 Å². The highest BCUT2D eigenvalue weighted by Gasteiger charge is 2.21. The molecule has 0 aromatic carbocycles. The normalized spacial score (nSPS) is 21.4. The van der Waals surface area contributed by atoms with Gasteiger partial charge in [0.1, 0.15) is 11.9 Å². The zero-order valence-corrected chi connectivity index (χ0v) is 7.62. The third-order valence-corrected chi connectivity index (χ3v) is 1.99. The van der Waals surface area contributed by atoms with E-state index in [9.17, 15) is 5.11 Å². The van der Waals surface area contributed by atoms with Gasteiger partial charge in [0.2, 0.25) is 0 Å². The van der Waals surface area contributed by atoms with Crippen molar-refractivity contribution in [3.05, 3.63) is 11.8 Å². The first-order valence-corrected chi connectivity index (χ1v) is 4.25. The minimum absolute atomic E-state index is 0.0966.